The van der Waals surface area contributed by atoms with Crippen LogP contribution in [0.25, 0.3) is 0 Å². The molecule has 0 saturated heterocycles. The van der Waals surface area contributed by atoms with E-state index >= 15 is 0 Å². The molecule has 0 rings (SSSR count). The molecule has 0 radical (unpaired) electrons. The van der Waals surface area contributed by atoms with Crippen molar-refractivity contribution in [1.29, 1.82) is 0 Å². The Bertz CT molecular complexity index is 308. The summed E-state index contributed by atoms with van der Waals surface area (Å²) in [6.07, 6.45) is 1.35. The lowest BCUT2D eigenvalue weighted by atomic mass is 10.1. The molecule has 0 heterocycles. The van der Waals surface area contributed by atoms with E-state index in [-0.39, 0.29) is 12.0 Å². The third-order valence-electron chi connectivity index (χ3n) is 2.32. The summed E-state index contributed by atoms with van der Waals surface area (Å²) >= 11 is 0. The summed E-state index contributed by atoms with van der Waals surface area (Å²) in [5.41, 5.74) is 0. The Hall–Kier alpha value is -0.430. The first-order valence-electron chi connectivity index (χ1n) is 6.01. The minimum absolute atomic E-state index is 0.0851. The summed E-state index contributed by atoms with van der Waals surface area (Å²) in [5, 5.41) is 8.82. The number of hydrogen-bond donors (Lipinski definition) is 2. The first-order valence-corrected chi connectivity index (χ1v) is 7.37. The molecule has 0 aromatic heterocycles. The maximum absolute atomic E-state index is 10.2. The van der Waals surface area contributed by atoms with Crippen molar-refractivity contribution in [2.75, 3.05) is 0 Å². The topological polar surface area (TPSA) is 83.8 Å². The molecule has 6 heteroatoms. The van der Waals surface area contributed by atoms with Crippen LogP contribution in [0.4, 0.5) is 0 Å². The second-order valence-electron chi connectivity index (χ2n) is 4.68. The van der Waals surface area contributed by atoms with E-state index in [0.717, 1.165) is 0 Å². The highest BCUT2D eigenvalue weighted by molar-refractivity contribution is 7.80. The lowest BCUT2D eigenvalue weighted by molar-refractivity contribution is 0.135. The zero-order valence-corrected chi connectivity index (χ0v) is 12.6. The van der Waals surface area contributed by atoms with Gasteiger partial charge in [0, 0.05) is 0 Å². The van der Waals surface area contributed by atoms with Gasteiger partial charge in [0.2, 0.25) is 0 Å². The molecule has 5 nitrogen and oxygen atoms in total. The van der Waals surface area contributed by atoms with Crippen LogP contribution in [0.15, 0.2) is 12.7 Å². The van der Waals surface area contributed by atoms with Crippen LogP contribution in [0, 0.1) is 11.8 Å². The summed E-state index contributed by atoms with van der Waals surface area (Å²) in [6.45, 7) is 12.8. The SMILES string of the molecule is C=C[C@@H](O)C(C)C.CCC(OS(=O)(=O)O)C(C)C. The zero-order chi connectivity index (χ0) is 14.9. The molecule has 0 bridgehead atoms. The molecule has 110 valence electrons. The van der Waals surface area contributed by atoms with Gasteiger partial charge in [0.15, 0.2) is 0 Å². The predicted octanol–water partition coefficient (Wildman–Crippen LogP) is 2.43. The van der Waals surface area contributed by atoms with Gasteiger partial charge in [-0.05, 0) is 18.3 Å². The molecule has 0 aromatic rings. The van der Waals surface area contributed by atoms with E-state index in [9.17, 15) is 8.42 Å². The Morgan fingerprint density at radius 3 is 1.72 bits per heavy atom. The van der Waals surface area contributed by atoms with Crippen molar-refractivity contribution in [1.82, 2.24) is 0 Å². The number of aliphatic hydroxyl groups excluding tert-OH is 1. The molecule has 18 heavy (non-hydrogen) atoms. The normalized spacial score (nSPS) is 14.9. The maximum atomic E-state index is 10.2. The van der Waals surface area contributed by atoms with Gasteiger partial charge in [-0.15, -0.1) is 6.58 Å². The Morgan fingerprint density at radius 2 is 1.67 bits per heavy atom. The summed E-state index contributed by atoms with van der Waals surface area (Å²) in [5.74, 6) is 0.388. The van der Waals surface area contributed by atoms with Crippen molar-refractivity contribution >= 4 is 10.4 Å². The highest BCUT2D eigenvalue weighted by Crippen LogP contribution is 2.12. The fourth-order valence-electron chi connectivity index (χ4n) is 1.08. The van der Waals surface area contributed by atoms with Gasteiger partial charge in [0.1, 0.15) is 0 Å². The molecule has 2 N–H and O–H groups in total. The van der Waals surface area contributed by atoms with Crippen molar-refractivity contribution in [3.8, 4) is 0 Å². The largest absolute Gasteiger partial charge is 0.397 e. The van der Waals surface area contributed by atoms with E-state index in [2.05, 4.69) is 10.8 Å². The molecule has 0 spiro atoms. The molecule has 0 amide bonds. The minimum Gasteiger partial charge on any atom is -0.389 e. The zero-order valence-electron chi connectivity index (χ0n) is 11.8. The Morgan fingerprint density at radius 1 is 1.22 bits per heavy atom. The lowest BCUT2D eigenvalue weighted by Gasteiger charge is -2.16. The van der Waals surface area contributed by atoms with Crippen molar-refractivity contribution in [2.45, 2.75) is 53.2 Å². The van der Waals surface area contributed by atoms with Gasteiger partial charge >= 0.3 is 10.4 Å². The van der Waals surface area contributed by atoms with E-state index in [0.29, 0.717) is 12.3 Å². The summed E-state index contributed by atoms with van der Waals surface area (Å²) < 4.78 is 33.2. The highest BCUT2D eigenvalue weighted by Gasteiger charge is 2.18. The molecule has 0 aliphatic carbocycles. The molecule has 1 unspecified atom stereocenters. The second kappa shape index (κ2) is 9.49. The summed E-state index contributed by atoms with van der Waals surface area (Å²) in [6, 6.07) is 0. The Labute approximate surface area is 111 Å². The van der Waals surface area contributed by atoms with E-state index in [1.54, 1.807) is 13.0 Å². The van der Waals surface area contributed by atoms with Crippen LogP contribution in [0.5, 0.6) is 0 Å². The van der Waals surface area contributed by atoms with Crippen LogP contribution in [0.3, 0.4) is 0 Å². The molecule has 2 atom stereocenters. The molecule has 0 fully saturated rings. The Balaban J connectivity index is 0. The first kappa shape index (κ1) is 19.9. The highest BCUT2D eigenvalue weighted by atomic mass is 32.3. The smallest absolute Gasteiger partial charge is 0.389 e. The number of rotatable bonds is 6. The molecule has 0 aliphatic rings. The molecule has 0 aromatic carbocycles. The van der Waals surface area contributed by atoms with Crippen LogP contribution in [0.1, 0.15) is 41.0 Å². The average molecular weight is 282 g/mol. The monoisotopic (exact) mass is 282 g/mol. The van der Waals surface area contributed by atoms with Gasteiger partial charge < -0.3 is 5.11 Å². The minimum atomic E-state index is -4.28. The number of aliphatic hydroxyl groups is 1. The van der Waals surface area contributed by atoms with Gasteiger partial charge in [0.05, 0.1) is 12.2 Å². The van der Waals surface area contributed by atoms with Crippen molar-refractivity contribution < 1.29 is 22.3 Å². The van der Waals surface area contributed by atoms with E-state index in [1.165, 1.54) is 0 Å². The quantitative estimate of drug-likeness (QED) is 0.577. The van der Waals surface area contributed by atoms with Crippen LogP contribution < -0.4 is 0 Å². The summed E-state index contributed by atoms with van der Waals surface area (Å²) in [7, 11) is -4.28. The number of hydrogen-bond acceptors (Lipinski definition) is 4. The van der Waals surface area contributed by atoms with Crippen molar-refractivity contribution in [2.24, 2.45) is 11.8 Å². The van der Waals surface area contributed by atoms with Gasteiger partial charge in [-0.1, -0.05) is 40.7 Å². The van der Waals surface area contributed by atoms with Crippen LogP contribution in [-0.4, -0.2) is 30.3 Å². The van der Waals surface area contributed by atoms with E-state index in [1.807, 2.05) is 27.7 Å². The van der Waals surface area contributed by atoms with E-state index in [4.69, 9.17) is 9.66 Å². The van der Waals surface area contributed by atoms with Crippen LogP contribution in [0.2, 0.25) is 0 Å². The second-order valence-corrected chi connectivity index (χ2v) is 5.73. The first-order chi connectivity index (χ1) is 8.05. The van der Waals surface area contributed by atoms with Gasteiger partial charge in [-0.2, -0.15) is 8.42 Å². The van der Waals surface area contributed by atoms with Crippen LogP contribution in [-0.2, 0) is 14.6 Å². The predicted molar refractivity (Wildman–Crippen MR) is 72.6 cm³/mol. The van der Waals surface area contributed by atoms with Gasteiger partial charge in [-0.25, -0.2) is 4.18 Å². The third kappa shape index (κ3) is 12.0. The molecular weight excluding hydrogens is 256 g/mol. The van der Waals surface area contributed by atoms with Crippen molar-refractivity contribution in [3.63, 3.8) is 0 Å². The van der Waals surface area contributed by atoms with Crippen molar-refractivity contribution in [3.05, 3.63) is 12.7 Å². The molecule has 0 saturated carbocycles. The maximum Gasteiger partial charge on any atom is 0.397 e. The summed E-state index contributed by atoms with van der Waals surface area (Å²) in [4.78, 5) is 0. The fourth-order valence-corrected chi connectivity index (χ4v) is 1.75. The van der Waals surface area contributed by atoms with Gasteiger partial charge in [0.25, 0.3) is 0 Å². The van der Waals surface area contributed by atoms with Crippen LogP contribution >= 0.6 is 0 Å². The fraction of sp³-hybridized carbons (Fsp3) is 0.833. The molecular formula is C12H26O5S. The van der Waals surface area contributed by atoms with Gasteiger partial charge in [-0.3, -0.25) is 4.55 Å². The molecule has 0 aliphatic heterocycles. The average Bonchev–Trinajstić information content (AvgIpc) is 2.23. The Kier molecular flexibility index (Phi) is 10.5. The van der Waals surface area contributed by atoms with E-state index < -0.39 is 16.5 Å². The lowest BCUT2D eigenvalue weighted by Crippen LogP contribution is -2.22. The third-order valence-corrected chi connectivity index (χ3v) is 2.81. The standard InChI is InChI=1S/C6H14O4S.C6H12O/c1-4-6(5(2)3)10-11(7,8)9;1-4-6(7)5(2)3/h5-6H,4H2,1-3H3,(H,7,8,9);4-7H,1H2,2-3H3/t;6-/m.1/s1.